The molecule has 1 aliphatic carbocycles. The van der Waals surface area contributed by atoms with Gasteiger partial charge in [0.1, 0.15) is 10.8 Å². The molecule has 0 radical (unpaired) electrons. The van der Waals surface area contributed by atoms with Gasteiger partial charge in [0.2, 0.25) is 0 Å². The fourth-order valence-electron chi connectivity index (χ4n) is 2.49. The summed E-state index contributed by atoms with van der Waals surface area (Å²) in [6.07, 6.45) is 3.32. The molecule has 3 nitrogen and oxygen atoms in total. The lowest BCUT2D eigenvalue weighted by Crippen LogP contribution is -2.16. The van der Waals surface area contributed by atoms with E-state index in [2.05, 4.69) is 6.07 Å². The van der Waals surface area contributed by atoms with Gasteiger partial charge in [-0.2, -0.15) is 0 Å². The molecule has 0 aliphatic heterocycles. The number of rotatable bonds is 3. The third-order valence-electron chi connectivity index (χ3n) is 3.42. The Morgan fingerprint density at radius 1 is 1.42 bits per heavy atom. The molecule has 0 saturated heterocycles. The van der Waals surface area contributed by atoms with Gasteiger partial charge in [-0.15, -0.1) is 11.3 Å². The third kappa shape index (κ3) is 2.38. The molecule has 0 amide bonds. The van der Waals surface area contributed by atoms with Crippen LogP contribution in [0.15, 0.2) is 24.3 Å². The number of aryl methyl sites for hydroxylation is 1. The number of ether oxygens (including phenoxy) is 1. The second-order valence-corrected chi connectivity index (χ2v) is 5.84. The number of thiazole rings is 1. The minimum atomic E-state index is 0.105. The summed E-state index contributed by atoms with van der Waals surface area (Å²) in [6.45, 7) is 2.67. The normalized spacial score (nSPS) is 18.1. The molecular weight excluding hydrogens is 256 g/mol. The van der Waals surface area contributed by atoms with Crippen molar-refractivity contribution in [1.82, 2.24) is 4.98 Å². The zero-order valence-corrected chi connectivity index (χ0v) is 11.9. The second-order valence-electron chi connectivity index (χ2n) is 4.76. The van der Waals surface area contributed by atoms with Gasteiger partial charge >= 0.3 is 0 Å². The molecule has 0 saturated carbocycles. The van der Waals surface area contributed by atoms with E-state index >= 15 is 0 Å². The second kappa shape index (κ2) is 5.31. The van der Waals surface area contributed by atoms with Gasteiger partial charge in [-0.05, 0) is 38.3 Å². The molecule has 0 spiro atoms. The topological polar surface area (TPSA) is 48.1 Å². The Morgan fingerprint density at radius 2 is 2.26 bits per heavy atom. The van der Waals surface area contributed by atoms with E-state index in [1.165, 1.54) is 11.3 Å². The maximum Gasteiger partial charge on any atom is 0.129 e. The Hall–Kier alpha value is -1.39. The molecule has 4 heteroatoms. The van der Waals surface area contributed by atoms with Crippen LogP contribution in [0.2, 0.25) is 0 Å². The zero-order valence-electron chi connectivity index (χ0n) is 11.1. The SMILES string of the molecule is CCOc1ccccc1-c1nc2c(s1)CCCC2N. The molecule has 2 aromatic rings. The smallest absolute Gasteiger partial charge is 0.129 e. The molecule has 1 aromatic heterocycles. The van der Waals surface area contributed by atoms with Gasteiger partial charge < -0.3 is 10.5 Å². The molecule has 3 rings (SSSR count). The van der Waals surface area contributed by atoms with E-state index in [0.29, 0.717) is 6.61 Å². The van der Waals surface area contributed by atoms with Crippen LogP contribution in [0.5, 0.6) is 5.75 Å². The van der Waals surface area contributed by atoms with Crippen LogP contribution in [-0.4, -0.2) is 11.6 Å². The molecule has 1 aromatic carbocycles. The highest BCUT2D eigenvalue weighted by molar-refractivity contribution is 7.15. The molecule has 1 atom stereocenters. The molecule has 19 heavy (non-hydrogen) atoms. The first-order valence-electron chi connectivity index (χ1n) is 6.77. The number of hydrogen-bond acceptors (Lipinski definition) is 4. The Morgan fingerprint density at radius 3 is 3.05 bits per heavy atom. The van der Waals surface area contributed by atoms with Crippen LogP contribution in [0.4, 0.5) is 0 Å². The molecule has 0 bridgehead atoms. The van der Waals surface area contributed by atoms with E-state index in [0.717, 1.165) is 34.9 Å². The molecule has 1 unspecified atom stereocenters. The lowest BCUT2D eigenvalue weighted by molar-refractivity contribution is 0.341. The van der Waals surface area contributed by atoms with Gasteiger partial charge in [-0.3, -0.25) is 0 Å². The largest absolute Gasteiger partial charge is 0.493 e. The number of aromatic nitrogens is 1. The van der Waals surface area contributed by atoms with Crippen molar-refractivity contribution in [3.63, 3.8) is 0 Å². The van der Waals surface area contributed by atoms with Gasteiger partial charge in [0.25, 0.3) is 0 Å². The minimum Gasteiger partial charge on any atom is -0.493 e. The summed E-state index contributed by atoms with van der Waals surface area (Å²) in [5.41, 5.74) is 8.32. The Labute approximate surface area is 117 Å². The quantitative estimate of drug-likeness (QED) is 0.931. The lowest BCUT2D eigenvalue weighted by Gasteiger charge is -2.15. The van der Waals surface area contributed by atoms with Crippen LogP contribution in [0.1, 0.15) is 36.4 Å². The van der Waals surface area contributed by atoms with Gasteiger partial charge in [0, 0.05) is 10.9 Å². The van der Waals surface area contributed by atoms with E-state index < -0.39 is 0 Å². The summed E-state index contributed by atoms with van der Waals surface area (Å²) in [5.74, 6) is 0.907. The number of nitrogens with zero attached hydrogens (tertiary/aromatic N) is 1. The van der Waals surface area contributed by atoms with E-state index in [1.807, 2.05) is 25.1 Å². The highest BCUT2D eigenvalue weighted by atomic mass is 32.1. The average Bonchev–Trinajstić information content (AvgIpc) is 2.85. The van der Waals surface area contributed by atoms with Crippen LogP contribution in [0.25, 0.3) is 10.6 Å². The number of fused-ring (bicyclic) bond motifs is 1. The molecule has 100 valence electrons. The van der Waals surface area contributed by atoms with Crippen LogP contribution in [0.3, 0.4) is 0 Å². The number of nitrogens with two attached hydrogens (primary N) is 1. The van der Waals surface area contributed by atoms with Crippen molar-refractivity contribution in [2.24, 2.45) is 5.73 Å². The van der Waals surface area contributed by atoms with Crippen molar-refractivity contribution in [2.75, 3.05) is 6.61 Å². The lowest BCUT2D eigenvalue weighted by atomic mass is 9.99. The van der Waals surface area contributed by atoms with Crippen LogP contribution in [0, 0.1) is 0 Å². The van der Waals surface area contributed by atoms with Crippen LogP contribution in [-0.2, 0) is 6.42 Å². The predicted octanol–water partition coefficient (Wildman–Crippen LogP) is 3.54. The van der Waals surface area contributed by atoms with Gasteiger partial charge in [-0.25, -0.2) is 4.98 Å². The maximum atomic E-state index is 6.15. The number of benzene rings is 1. The van der Waals surface area contributed by atoms with Crippen molar-refractivity contribution >= 4 is 11.3 Å². The fraction of sp³-hybridized carbons (Fsp3) is 0.400. The van der Waals surface area contributed by atoms with E-state index in [-0.39, 0.29) is 6.04 Å². The summed E-state index contributed by atoms with van der Waals surface area (Å²) < 4.78 is 5.69. The first-order chi connectivity index (χ1) is 9.29. The van der Waals surface area contributed by atoms with Gasteiger partial charge in [0.15, 0.2) is 0 Å². The van der Waals surface area contributed by atoms with Crippen LogP contribution < -0.4 is 10.5 Å². The highest BCUT2D eigenvalue weighted by Gasteiger charge is 2.23. The first-order valence-corrected chi connectivity index (χ1v) is 7.58. The average molecular weight is 274 g/mol. The number of hydrogen-bond donors (Lipinski definition) is 1. The summed E-state index contributed by atoms with van der Waals surface area (Å²) in [6, 6.07) is 8.19. The van der Waals surface area contributed by atoms with Crippen molar-refractivity contribution in [3.05, 3.63) is 34.8 Å². The van der Waals surface area contributed by atoms with Gasteiger partial charge in [-0.1, -0.05) is 12.1 Å². The van der Waals surface area contributed by atoms with Crippen molar-refractivity contribution in [3.8, 4) is 16.3 Å². The molecular formula is C15H18N2OS. The molecule has 2 N–H and O–H groups in total. The Bertz CT molecular complexity index is 579. The molecule has 1 aliphatic rings. The van der Waals surface area contributed by atoms with E-state index in [4.69, 9.17) is 15.5 Å². The third-order valence-corrected chi connectivity index (χ3v) is 4.58. The Kier molecular flexibility index (Phi) is 3.53. The summed E-state index contributed by atoms with van der Waals surface area (Å²) in [7, 11) is 0. The highest BCUT2D eigenvalue weighted by Crippen LogP contribution is 2.39. The monoisotopic (exact) mass is 274 g/mol. The number of para-hydroxylation sites is 1. The van der Waals surface area contributed by atoms with Crippen molar-refractivity contribution in [1.29, 1.82) is 0 Å². The summed E-state index contributed by atoms with van der Waals surface area (Å²) in [4.78, 5) is 6.11. The van der Waals surface area contributed by atoms with E-state index in [1.54, 1.807) is 11.3 Å². The molecule has 0 fully saturated rings. The van der Waals surface area contributed by atoms with Crippen LogP contribution >= 0.6 is 11.3 Å². The summed E-state index contributed by atoms with van der Waals surface area (Å²) >= 11 is 1.76. The standard InChI is InChI=1S/C15H18N2OS/c1-2-18-12-8-4-3-6-10(12)15-17-14-11(16)7-5-9-13(14)19-15/h3-4,6,8,11H,2,5,7,9,16H2,1H3. The van der Waals surface area contributed by atoms with Crippen molar-refractivity contribution in [2.45, 2.75) is 32.2 Å². The molecule has 1 heterocycles. The maximum absolute atomic E-state index is 6.15. The first kappa shape index (κ1) is 12.6. The fourth-order valence-corrected chi connectivity index (χ4v) is 3.70. The van der Waals surface area contributed by atoms with Gasteiger partial charge in [0.05, 0.1) is 17.9 Å². The van der Waals surface area contributed by atoms with Crippen molar-refractivity contribution < 1.29 is 4.74 Å². The zero-order chi connectivity index (χ0) is 13.2. The predicted molar refractivity (Wildman–Crippen MR) is 78.6 cm³/mol. The summed E-state index contributed by atoms with van der Waals surface area (Å²) in [5, 5.41) is 1.03. The Balaban J connectivity index is 2.03. The minimum absolute atomic E-state index is 0.105. The van der Waals surface area contributed by atoms with E-state index in [9.17, 15) is 0 Å².